The number of carbonyl (C=O) groups excluding carboxylic acids is 1. The van der Waals surface area contributed by atoms with E-state index in [9.17, 15) is 18.7 Å². The van der Waals surface area contributed by atoms with Crippen LogP contribution in [0.1, 0.15) is 25.7 Å². The zero-order valence-corrected chi connectivity index (χ0v) is 16.4. The van der Waals surface area contributed by atoms with Gasteiger partial charge in [0.2, 0.25) is 0 Å². The lowest BCUT2D eigenvalue weighted by molar-refractivity contribution is -0.316. The summed E-state index contributed by atoms with van der Waals surface area (Å²) in [6, 6.07) is 1.77. The van der Waals surface area contributed by atoms with Gasteiger partial charge in [-0.05, 0) is 43.6 Å². The van der Waals surface area contributed by atoms with E-state index in [4.69, 9.17) is 11.6 Å². The van der Waals surface area contributed by atoms with Gasteiger partial charge < -0.3 is 15.2 Å². The van der Waals surface area contributed by atoms with Crippen molar-refractivity contribution in [2.24, 2.45) is 17.8 Å². The van der Waals surface area contributed by atoms with E-state index in [0.717, 1.165) is 31.7 Å². The predicted octanol–water partition coefficient (Wildman–Crippen LogP) is 2.92. The average Bonchev–Trinajstić information content (AvgIpc) is 3.13. The molecule has 10 heteroatoms. The molecule has 0 aromatic carbocycles. The van der Waals surface area contributed by atoms with Crippen molar-refractivity contribution in [2.45, 2.75) is 31.7 Å². The normalized spacial score (nSPS) is 25.6. The number of rotatable bonds is 4. The number of aromatic amines is 1. The number of nitrogens with zero attached hydrogens (tertiary/aromatic N) is 3. The summed E-state index contributed by atoms with van der Waals surface area (Å²) >= 11 is 5.99. The lowest BCUT2D eigenvalue weighted by Gasteiger charge is -2.49. The highest BCUT2D eigenvalue weighted by molar-refractivity contribution is 6.31. The molecule has 7 nitrogen and oxygen atoms in total. The number of aromatic nitrogens is 4. The van der Waals surface area contributed by atoms with Crippen LogP contribution in [-0.4, -0.2) is 32.2 Å². The van der Waals surface area contributed by atoms with Gasteiger partial charge in [0.05, 0.1) is 10.7 Å². The molecule has 0 saturated heterocycles. The maximum Gasteiger partial charge on any atom is 0.181 e. The third kappa shape index (κ3) is 3.08. The van der Waals surface area contributed by atoms with Gasteiger partial charge in [-0.25, -0.2) is 18.7 Å². The molecule has 3 saturated carbocycles. The van der Waals surface area contributed by atoms with Crippen LogP contribution in [0.3, 0.4) is 0 Å². The highest BCUT2D eigenvalue weighted by Crippen LogP contribution is 2.46. The number of H-pyrrole nitrogens is 1. The molecule has 3 aliphatic carbocycles. The van der Waals surface area contributed by atoms with Crippen LogP contribution in [0, 0.1) is 29.4 Å². The lowest BCUT2D eigenvalue weighted by Crippen LogP contribution is -2.55. The molecule has 3 aliphatic rings. The Morgan fingerprint density at radius 3 is 2.63 bits per heavy atom. The average molecular weight is 433 g/mol. The molecule has 3 aromatic rings. The number of aliphatic carboxylic acids is 1. The first-order chi connectivity index (χ1) is 14.4. The summed E-state index contributed by atoms with van der Waals surface area (Å²) < 4.78 is 29.2. The Kier molecular flexibility index (Phi) is 4.57. The first kappa shape index (κ1) is 19.2. The van der Waals surface area contributed by atoms with Crippen molar-refractivity contribution in [3.05, 3.63) is 35.0 Å². The highest BCUT2D eigenvalue weighted by Gasteiger charge is 2.44. The monoisotopic (exact) mass is 432 g/mol. The second-order valence-corrected chi connectivity index (χ2v) is 8.40. The quantitative estimate of drug-likeness (QED) is 0.656. The fourth-order valence-electron chi connectivity index (χ4n) is 4.95. The van der Waals surface area contributed by atoms with E-state index >= 15 is 0 Å². The summed E-state index contributed by atoms with van der Waals surface area (Å²) in [6.45, 7) is 0. The van der Waals surface area contributed by atoms with E-state index in [-0.39, 0.29) is 29.0 Å². The Bertz CT molecular complexity index is 1150. The summed E-state index contributed by atoms with van der Waals surface area (Å²) in [6.07, 6.45) is 4.77. The molecular formula is C20H17ClF2N5O2-. The van der Waals surface area contributed by atoms with Gasteiger partial charge >= 0.3 is 0 Å². The number of nitrogens with one attached hydrogen (secondary N) is 2. The molecule has 30 heavy (non-hydrogen) atoms. The van der Waals surface area contributed by atoms with Gasteiger partial charge in [0, 0.05) is 35.6 Å². The SMILES string of the molecule is O=C([O-])C1C2CCC(CC2)[C@H]1Nc1nc(-c2[nH]nc3ncc(Cl)cc23)c(F)cc1F. The van der Waals surface area contributed by atoms with Crippen LogP contribution in [-0.2, 0) is 4.79 Å². The zero-order chi connectivity index (χ0) is 21.0. The molecule has 3 aromatic heterocycles. The minimum atomic E-state index is -1.15. The molecule has 156 valence electrons. The summed E-state index contributed by atoms with van der Waals surface area (Å²) in [5.74, 6) is -3.80. The molecule has 0 spiro atoms. The van der Waals surface area contributed by atoms with E-state index in [2.05, 4.69) is 25.5 Å². The molecule has 6 rings (SSSR count). The van der Waals surface area contributed by atoms with Gasteiger partial charge in [-0.2, -0.15) is 5.10 Å². The van der Waals surface area contributed by atoms with Crippen molar-refractivity contribution in [1.29, 1.82) is 0 Å². The number of hydrogen-bond acceptors (Lipinski definition) is 6. The molecular weight excluding hydrogens is 416 g/mol. The van der Waals surface area contributed by atoms with Crippen molar-refractivity contribution >= 4 is 34.4 Å². The second kappa shape index (κ2) is 7.16. The number of carboxylic acids is 1. The summed E-state index contributed by atoms with van der Waals surface area (Å²) in [5.41, 5.74) is 0.370. The maximum absolute atomic E-state index is 14.6. The van der Waals surface area contributed by atoms with E-state index in [1.54, 1.807) is 6.07 Å². The minimum Gasteiger partial charge on any atom is -0.550 e. The number of pyridine rings is 2. The van der Waals surface area contributed by atoms with Gasteiger partial charge in [-0.1, -0.05) is 11.6 Å². The molecule has 2 N–H and O–H groups in total. The van der Waals surface area contributed by atoms with Crippen LogP contribution in [0.25, 0.3) is 22.4 Å². The van der Waals surface area contributed by atoms with E-state index in [1.165, 1.54) is 6.20 Å². The van der Waals surface area contributed by atoms with Gasteiger partial charge in [0.15, 0.2) is 23.1 Å². The van der Waals surface area contributed by atoms with Crippen molar-refractivity contribution in [3.8, 4) is 11.4 Å². The second-order valence-electron chi connectivity index (χ2n) is 7.96. The zero-order valence-electron chi connectivity index (χ0n) is 15.7. The molecule has 0 amide bonds. The molecule has 2 atom stereocenters. The summed E-state index contributed by atoms with van der Waals surface area (Å²) in [7, 11) is 0. The number of anilines is 1. The Morgan fingerprint density at radius 2 is 1.90 bits per heavy atom. The van der Waals surface area contributed by atoms with Gasteiger partial charge in [-0.15, -0.1) is 0 Å². The number of carboxylic acid groups (broad SMARTS) is 1. The lowest BCUT2D eigenvalue weighted by atomic mass is 9.61. The number of halogens is 3. The number of carbonyl (C=O) groups is 1. The van der Waals surface area contributed by atoms with Crippen LogP contribution >= 0.6 is 11.6 Å². The Balaban J connectivity index is 1.55. The Morgan fingerprint density at radius 1 is 1.17 bits per heavy atom. The molecule has 2 bridgehead atoms. The van der Waals surface area contributed by atoms with Crippen molar-refractivity contribution < 1.29 is 18.7 Å². The Labute approximate surface area is 174 Å². The third-order valence-corrected chi connectivity index (χ3v) is 6.54. The Hall–Kier alpha value is -2.81. The van der Waals surface area contributed by atoms with E-state index < -0.39 is 29.6 Å². The minimum absolute atomic E-state index is 0.00903. The van der Waals surface area contributed by atoms with Crippen LogP contribution in [0.2, 0.25) is 5.02 Å². The van der Waals surface area contributed by atoms with Gasteiger partial charge in [-0.3, -0.25) is 5.10 Å². The molecule has 0 aliphatic heterocycles. The van der Waals surface area contributed by atoms with E-state index in [0.29, 0.717) is 16.1 Å². The van der Waals surface area contributed by atoms with Crippen LogP contribution in [0.15, 0.2) is 18.3 Å². The first-order valence-electron chi connectivity index (χ1n) is 9.76. The predicted molar refractivity (Wildman–Crippen MR) is 103 cm³/mol. The van der Waals surface area contributed by atoms with Gasteiger partial charge in [0.25, 0.3) is 0 Å². The maximum atomic E-state index is 14.6. The first-order valence-corrected chi connectivity index (χ1v) is 10.1. The molecule has 3 heterocycles. The van der Waals surface area contributed by atoms with Crippen LogP contribution < -0.4 is 10.4 Å². The van der Waals surface area contributed by atoms with Crippen molar-refractivity contribution in [3.63, 3.8) is 0 Å². The number of hydrogen-bond donors (Lipinski definition) is 2. The molecule has 1 unspecified atom stereocenters. The number of fused-ring (bicyclic) bond motifs is 4. The standard InChI is InChI=1S/C20H18ClF2N5O2/c21-10-5-11-16(27-28-18(11)24-7-10)17-12(22)6-13(23)19(26-17)25-15-9-3-1-8(2-4-9)14(15)20(29)30/h5-9,14-15H,1-4H2,(H,25,26)(H,29,30)(H,24,27,28)/p-1/t8?,9?,14?,15-/m1/s1. The topological polar surface area (TPSA) is 107 Å². The van der Waals surface area contributed by atoms with Crippen molar-refractivity contribution in [1.82, 2.24) is 20.2 Å². The fraction of sp³-hybridized carbons (Fsp3) is 0.400. The van der Waals surface area contributed by atoms with Gasteiger partial charge in [0.1, 0.15) is 5.69 Å². The molecule has 3 fully saturated rings. The van der Waals surface area contributed by atoms with Crippen LogP contribution in [0.5, 0.6) is 0 Å². The van der Waals surface area contributed by atoms with E-state index in [1.807, 2.05) is 0 Å². The molecule has 0 radical (unpaired) electrons. The van der Waals surface area contributed by atoms with Crippen molar-refractivity contribution in [2.75, 3.05) is 5.32 Å². The summed E-state index contributed by atoms with van der Waals surface area (Å²) in [4.78, 5) is 20.0. The largest absolute Gasteiger partial charge is 0.550 e. The summed E-state index contributed by atoms with van der Waals surface area (Å²) in [5, 5.41) is 22.2. The smallest absolute Gasteiger partial charge is 0.181 e. The highest BCUT2D eigenvalue weighted by atomic mass is 35.5. The fourth-order valence-corrected chi connectivity index (χ4v) is 5.11. The third-order valence-electron chi connectivity index (χ3n) is 6.34. The van der Waals surface area contributed by atoms with Crippen LogP contribution in [0.4, 0.5) is 14.6 Å².